The van der Waals surface area contributed by atoms with E-state index in [1.54, 1.807) is 7.05 Å². The Bertz CT molecular complexity index is 37.9. The van der Waals surface area contributed by atoms with Crippen LogP contribution in [0.2, 0.25) is 0 Å². The predicted molar refractivity (Wildman–Crippen MR) is 30.5 cm³/mol. The molecule has 0 bridgehead atoms. The number of hydrazine groups is 1. The molecular weight excluding hydrogens is 90.1 g/mol. The molecular formula is C4H13N3. The van der Waals surface area contributed by atoms with Crippen LogP contribution in [-0.2, 0) is 0 Å². The molecule has 0 saturated heterocycles. The van der Waals surface area contributed by atoms with Gasteiger partial charge < -0.3 is 5.73 Å². The standard InChI is InChI=1S/C4H13N3/c1-3-4(5)7-6-2/h4,6-7H,3,5H2,1-2H3/t4-/m1/s1. The molecule has 7 heavy (non-hydrogen) atoms. The monoisotopic (exact) mass is 103 g/mol. The Kier molecular flexibility index (Phi) is 3.98. The first-order valence-corrected chi connectivity index (χ1v) is 2.49. The van der Waals surface area contributed by atoms with Crippen LogP contribution in [0, 0.1) is 0 Å². The Morgan fingerprint density at radius 3 is 2.43 bits per heavy atom. The third kappa shape index (κ3) is 3.72. The van der Waals surface area contributed by atoms with E-state index in [2.05, 4.69) is 10.9 Å². The molecule has 0 aromatic carbocycles. The highest BCUT2D eigenvalue weighted by atomic mass is 15.4. The second-order valence-electron chi connectivity index (χ2n) is 1.41. The molecule has 0 aliphatic heterocycles. The second-order valence-corrected chi connectivity index (χ2v) is 1.41. The second kappa shape index (κ2) is 4.05. The summed E-state index contributed by atoms with van der Waals surface area (Å²) < 4.78 is 0. The quantitative estimate of drug-likeness (QED) is 0.330. The van der Waals surface area contributed by atoms with Crippen molar-refractivity contribution in [3.8, 4) is 0 Å². The van der Waals surface area contributed by atoms with E-state index in [1.165, 1.54) is 0 Å². The maximum absolute atomic E-state index is 5.41. The van der Waals surface area contributed by atoms with Crippen LogP contribution in [0.15, 0.2) is 0 Å². The predicted octanol–water partition coefficient (Wildman–Crippen LogP) is -0.595. The minimum atomic E-state index is 0.0880. The zero-order chi connectivity index (χ0) is 5.70. The van der Waals surface area contributed by atoms with Crippen LogP contribution in [0.25, 0.3) is 0 Å². The van der Waals surface area contributed by atoms with Gasteiger partial charge in [-0.05, 0) is 13.5 Å². The molecule has 0 rings (SSSR count). The van der Waals surface area contributed by atoms with Crippen molar-refractivity contribution in [3.63, 3.8) is 0 Å². The zero-order valence-corrected chi connectivity index (χ0v) is 4.86. The smallest absolute Gasteiger partial charge is 0.0676 e. The van der Waals surface area contributed by atoms with Crippen LogP contribution in [0.1, 0.15) is 13.3 Å². The van der Waals surface area contributed by atoms with E-state index in [0.29, 0.717) is 0 Å². The maximum Gasteiger partial charge on any atom is 0.0676 e. The Morgan fingerprint density at radius 1 is 1.71 bits per heavy atom. The van der Waals surface area contributed by atoms with E-state index in [4.69, 9.17) is 5.73 Å². The third-order valence-corrected chi connectivity index (χ3v) is 0.770. The van der Waals surface area contributed by atoms with Gasteiger partial charge in [0, 0.05) is 0 Å². The van der Waals surface area contributed by atoms with Crippen molar-refractivity contribution in [1.29, 1.82) is 0 Å². The molecule has 3 heteroatoms. The average Bonchev–Trinajstić information content (AvgIpc) is 1.68. The minimum absolute atomic E-state index is 0.0880. The first kappa shape index (κ1) is 6.88. The van der Waals surface area contributed by atoms with E-state index in [9.17, 15) is 0 Å². The maximum atomic E-state index is 5.41. The van der Waals surface area contributed by atoms with Gasteiger partial charge in [0.1, 0.15) is 0 Å². The van der Waals surface area contributed by atoms with E-state index < -0.39 is 0 Å². The summed E-state index contributed by atoms with van der Waals surface area (Å²) >= 11 is 0. The van der Waals surface area contributed by atoms with E-state index in [-0.39, 0.29) is 6.17 Å². The molecule has 0 aromatic heterocycles. The Hall–Kier alpha value is -0.120. The number of nitrogens with one attached hydrogen (secondary N) is 2. The summed E-state index contributed by atoms with van der Waals surface area (Å²) in [5.41, 5.74) is 11.0. The number of rotatable bonds is 3. The van der Waals surface area contributed by atoms with Gasteiger partial charge in [0.05, 0.1) is 6.17 Å². The molecule has 0 amide bonds. The van der Waals surface area contributed by atoms with Crippen molar-refractivity contribution in [2.45, 2.75) is 19.5 Å². The normalized spacial score (nSPS) is 14.1. The molecule has 0 saturated carbocycles. The fourth-order valence-corrected chi connectivity index (χ4v) is 0.287. The molecule has 4 N–H and O–H groups in total. The number of nitrogens with two attached hydrogens (primary N) is 1. The summed E-state index contributed by atoms with van der Waals surface area (Å²) in [6.45, 7) is 2.02. The van der Waals surface area contributed by atoms with Crippen molar-refractivity contribution >= 4 is 0 Å². The fraction of sp³-hybridized carbons (Fsp3) is 1.00. The lowest BCUT2D eigenvalue weighted by Gasteiger charge is -2.07. The average molecular weight is 103 g/mol. The summed E-state index contributed by atoms with van der Waals surface area (Å²) in [6.07, 6.45) is 1.03. The first-order chi connectivity index (χ1) is 3.31. The van der Waals surface area contributed by atoms with Gasteiger partial charge in [-0.2, -0.15) is 0 Å². The Labute approximate surface area is 44.2 Å². The van der Waals surface area contributed by atoms with Gasteiger partial charge in [0.15, 0.2) is 0 Å². The topological polar surface area (TPSA) is 50.1 Å². The van der Waals surface area contributed by atoms with Crippen molar-refractivity contribution in [2.75, 3.05) is 7.05 Å². The Balaban J connectivity index is 2.83. The molecule has 3 nitrogen and oxygen atoms in total. The van der Waals surface area contributed by atoms with E-state index >= 15 is 0 Å². The van der Waals surface area contributed by atoms with Crippen LogP contribution in [0.5, 0.6) is 0 Å². The first-order valence-electron chi connectivity index (χ1n) is 2.49. The summed E-state index contributed by atoms with van der Waals surface area (Å²) in [7, 11) is 1.80. The summed E-state index contributed by atoms with van der Waals surface area (Å²) in [4.78, 5) is 0. The summed E-state index contributed by atoms with van der Waals surface area (Å²) in [5, 5.41) is 0. The van der Waals surface area contributed by atoms with E-state index in [0.717, 1.165) is 6.42 Å². The van der Waals surface area contributed by atoms with Gasteiger partial charge in [0.25, 0.3) is 0 Å². The minimum Gasteiger partial charge on any atom is -0.315 e. The summed E-state index contributed by atoms with van der Waals surface area (Å²) in [5.74, 6) is 0. The molecule has 0 aromatic rings. The highest BCUT2D eigenvalue weighted by Gasteiger charge is 1.89. The van der Waals surface area contributed by atoms with Crippen LogP contribution < -0.4 is 16.6 Å². The SMILES string of the molecule is CC[C@H](N)NNC. The zero-order valence-electron chi connectivity index (χ0n) is 4.86. The van der Waals surface area contributed by atoms with E-state index in [1.807, 2.05) is 6.92 Å². The largest absolute Gasteiger partial charge is 0.315 e. The molecule has 1 atom stereocenters. The fourth-order valence-electron chi connectivity index (χ4n) is 0.287. The van der Waals surface area contributed by atoms with Gasteiger partial charge in [-0.15, -0.1) is 0 Å². The van der Waals surface area contributed by atoms with Gasteiger partial charge >= 0.3 is 0 Å². The number of hydrogen-bond acceptors (Lipinski definition) is 3. The molecule has 0 radical (unpaired) electrons. The molecule has 0 aliphatic carbocycles. The summed E-state index contributed by atoms with van der Waals surface area (Å²) in [6, 6.07) is 0. The van der Waals surface area contributed by atoms with Crippen LogP contribution >= 0.6 is 0 Å². The van der Waals surface area contributed by atoms with Crippen molar-refractivity contribution < 1.29 is 0 Å². The highest BCUT2D eigenvalue weighted by Crippen LogP contribution is 1.73. The third-order valence-electron chi connectivity index (χ3n) is 0.770. The molecule has 0 aliphatic rings. The van der Waals surface area contributed by atoms with Crippen molar-refractivity contribution in [1.82, 2.24) is 10.9 Å². The Morgan fingerprint density at radius 2 is 2.29 bits per heavy atom. The highest BCUT2D eigenvalue weighted by molar-refractivity contribution is 4.47. The number of hydrogen-bond donors (Lipinski definition) is 3. The molecule has 0 heterocycles. The lowest BCUT2D eigenvalue weighted by molar-refractivity contribution is 0.460. The van der Waals surface area contributed by atoms with Crippen molar-refractivity contribution in [3.05, 3.63) is 0 Å². The van der Waals surface area contributed by atoms with Gasteiger partial charge in [-0.3, -0.25) is 5.43 Å². The van der Waals surface area contributed by atoms with Gasteiger partial charge in [-0.1, -0.05) is 6.92 Å². The van der Waals surface area contributed by atoms with Crippen molar-refractivity contribution in [2.24, 2.45) is 5.73 Å². The molecule has 44 valence electrons. The van der Waals surface area contributed by atoms with Gasteiger partial charge in [0.2, 0.25) is 0 Å². The lowest BCUT2D eigenvalue weighted by atomic mass is 10.4. The lowest BCUT2D eigenvalue weighted by Crippen LogP contribution is -2.43. The van der Waals surface area contributed by atoms with Gasteiger partial charge in [-0.25, -0.2) is 5.43 Å². The molecule has 0 spiro atoms. The molecule has 0 unspecified atom stereocenters. The van der Waals surface area contributed by atoms with Crippen LogP contribution in [0.4, 0.5) is 0 Å². The van der Waals surface area contributed by atoms with Crippen LogP contribution in [-0.4, -0.2) is 13.2 Å². The van der Waals surface area contributed by atoms with Crippen LogP contribution in [0.3, 0.4) is 0 Å². The molecule has 0 fully saturated rings.